The predicted octanol–water partition coefficient (Wildman–Crippen LogP) is 3.30. The number of hydrogen-bond donors (Lipinski definition) is 1. The number of carbonyl (C=O) groups excluding carboxylic acids is 1. The molecule has 0 aliphatic rings. The topological polar surface area (TPSA) is 29.1 Å². The van der Waals surface area contributed by atoms with Gasteiger partial charge in [0.1, 0.15) is 0 Å². The van der Waals surface area contributed by atoms with Crippen LogP contribution in [0.5, 0.6) is 0 Å². The van der Waals surface area contributed by atoms with Crippen LogP contribution in [-0.4, -0.2) is 11.9 Å². The van der Waals surface area contributed by atoms with Crippen LogP contribution in [0.15, 0.2) is 28.7 Å². The lowest BCUT2D eigenvalue weighted by atomic mass is 10.1. The Hall–Kier alpha value is -0.830. The molecule has 0 aliphatic heterocycles. The maximum absolute atomic E-state index is 11.7. The van der Waals surface area contributed by atoms with E-state index in [1.807, 2.05) is 31.2 Å². The zero-order valence-corrected chi connectivity index (χ0v) is 11.4. The summed E-state index contributed by atoms with van der Waals surface area (Å²) in [4.78, 5) is 11.7. The molecule has 1 aromatic carbocycles. The molecule has 1 N–H and O–H groups in total. The Morgan fingerprint density at radius 2 is 2.00 bits per heavy atom. The summed E-state index contributed by atoms with van der Waals surface area (Å²) in [7, 11) is 0. The van der Waals surface area contributed by atoms with Gasteiger partial charge < -0.3 is 5.32 Å². The molecule has 0 saturated heterocycles. The second kappa shape index (κ2) is 6.69. The van der Waals surface area contributed by atoms with Gasteiger partial charge in [-0.15, -0.1) is 0 Å². The van der Waals surface area contributed by atoms with Crippen molar-refractivity contribution < 1.29 is 4.79 Å². The van der Waals surface area contributed by atoms with Gasteiger partial charge in [0.05, 0.1) is 6.42 Å². The molecule has 16 heavy (non-hydrogen) atoms. The van der Waals surface area contributed by atoms with Gasteiger partial charge in [-0.05, 0) is 31.0 Å². The molecule has 0 saturated carbocycles. The first-order valence-electron chi connectivity index (χ1n) is 5.65. The molecule has 0 bridgehead atoms. The summed E-state index contributed by atoms with van der Waals surface area (Å²) in [5.74, 6) is 0.100. The van der Waals surface area contributed by atoms with Crippen molar-refractivity contribution in [2.24, 2.45) is 0 Å². The summed E-state index contributed by atoms with van der Waals surface area (Å²) in [6.45, 7) is 4.17. The monoisotopic (exact) mass is 283 g/mol. The van der Waals surface area contributed by atoms with Crippen LogP contribution in [0.25, 0.3) is 0 Å². The number of benzene rings is 1. The van der Waals surface area contributed by atoms with E-state index in [0.29, 0.717) is 6.42 Å². The smallest absolute Gasteiger partial charge is 0.224 e. The van der Waals surface area contributed by atoms with E-state index in [2.05, 4.69) is 28.2 Å². The van der Waals surface area contributed by atoms with E-state index in [1.165, 1.54) is 0 Å². The Morgan fingerprint density at radius 1 is 1.38 bits per heavy atom. The molecule has 1 atom stereocenters. The van der Waals surface area contributed by atoms with Gasteiger partial charge in [-0.25, -0.2) is 0 Å². The van der Waals surface area contributed by atoms with Gasteiger partial charge in [0.15, 0.2) is 0 Å². The highest BCUT2D eigenvalue weighted by molar-refractivity contribution is 9.10. The zero-order chi connectivity index (χ0) is 12.0. The minimum absolute atomic E-state index is 0.100. The van der Waals surface area contributed by atoms with E-state index in [-0.39, 0.29) is 11.9 Å². The Balaban J connectivity index is 2.42. The quantitative estimate of drug-likeness (QED) is 0.883. The largest absolute Gasteiger partial charge is 0.353 e. The van der Waals surface area contributed by atoms with Crippen molar-refractivity contribution in [3.05, 3.63) is 34.3 Å². The highest BCUT2D eigenvalue weighted by atomic mass is 79.9. The third kappa shape index (κ3) is 4.79. The Morgan fingerprint density at radius 3 is 2.56 bits per heavy atom. The highest BCUT2D eigenvalue weighted by Gasteiger charge is 2.06. The fourth-order valence-corrected chi connectivity index (χ4v) is 1.88. The Bertz CT molecular complexity index is 334. The lowest BCUT2D eigenvalue weighted by Gasteiger charge is -2.12. The molecule has 88 valence electrons. The van der Waals surface area contributed by atoms with Crippen LogP contribution in [-0.2, 0) is 11.2 Å². The molecule has 0 spiro atoms. The first-order valence-corrected chi connectivity index (χ1v) is 6.45. The number of amides is 1. The molecule has 2 nitrogen and oxygen atoms in total. The van der Waals surface area contributed by atoms with Crippen molar-refractivity contribution in [3.8, 4) is 0 Å². The minimum Gasteiger partial charge on any atom is -0.353 e. The molecule has 0 unspecified atom stereocenters. The van der Waals surface area contributed by atoms with E-state index in [9.17, 15) is 4.79 Å². The summed E-state index contributed by atoms with van der Waals surface area (Å²) < 4.78 is 1.04. The number of nitrogens with one attached hydrogen (secondary N) is 1. The average molecular weight is 284 g/mol. The first kappa shape index (κ1) is 13.2. The maximum atomic E-state index is 11.7. The van der Waals surface area contributed by atoms with Crippen LogP contribution in [0, 0.1) is 0 Å². The van der Waals surface area contributed by atoms with E-state index in [0.717, 1.165) is 22.9 Å². The van der Waals surface area contributed by atoms with Crippen LogP contribution in [0.3, 0.4) is 0 Å². The van der Waals surface area contributed by atoms with Crippen LogP contribution in [0.4, 0.5) is 0 Å². The summed E-state index contributed by atoms with van der Waals surface area (Å²) in [6.07, 6.45) is 2.59. The summed E-state index contributed by atoms with van der Waals surface area (Å²) in [5, 5.41) is 2.99. The lowest BCUT2D eigenvalue weighted by Crippen LogP contribution is -2.33. The number of hydrogen-bond acceptors (Lipinski definition) is 1. The SMILES string of the molecule is CCC[C@H](C)NC(=O)Cc1ccc(Br)cc1. The van der Waals surface area contributed by atoms with Crippen molar-refractivity contribution >= 4 is 21.8 Å². The molecule has 0 aromatic heterocycles. The van der Waals surface area contributed by atoms with Crippen LogP contribution in [0.2, 0.25) is 0 Å². The Labute approximate surface area is 106 Å². The molecule has 1 amide bonds. The molecule has 3 heteroatoms. The third-order valence-electron chi connectivity index (χ3n) is 2.41. The number of carbonyl (C=O) groups is 1. The highest BCUT2D eigenvalue weighted by Crippen LogP contribution is 2.10. The molecular weight excluding hydrogens is 266 g/mol. The van der Waals surface area contributed by atoms with Crippen molar-refractivity contribution in [3.63, 3.8) is 0 Å². The standard InChI is InChI=1S/C13H18BrNO/c1-3-4-10(2)15-13(16)9-11-5-7-12(14)8-6-11/h5-8,10H,3-4,9H2,1-2H3,(H,15,16)/t10-/m0/s1. The van der Waals surface area contributed by atoms with E-state index >= 15 is 0 Å². The van der Waals surface area contributed by atoms with Crippen LogP contribution in [0.1, 0.15) is 32.3 Å². The van der Waals surface area contributed by atoms with Crippen LogP contribution >= 0.6 is 15.9 Å². The van der Waals surface area contributed by atoms with Gasteiger partial charge in [-0.2, -0.15) is 0 Å². The lowest BCUT2D eigenvalue weighted by molar-refractivity contribution is -0.121. The molecule has 0 heterocycles. The summed E-state index contributed by atoms with van der Waals surface area (Å²) in [5.41, 5.74) is 1.05. The predicted molar refractivity (Wildman–Crippen MR) is 70.4 cm³/mol. The summed E-state index contributed by atoms with van der Waals surface area (Å²) in [6, 6.07) is 8.12. The maximum Gasteiger partial charge on any atom is 0.224 e. The number of rotatable bonds is 5. The van der Waals surface area contributed by atoms with Crippen molar-refractivity contribution in [1.29, 1.82) is 0 Å². The van der Waals surface area contributed by atoms with Gasteiger partial charge in [0, 0.05) is 10.5 Å². The normalized spacial score (nSPS) is 12.2. The first-order chi connectivity index (χ1) is 7.61. The van der Waals surface area contributed by atoms with E-state index in [4.69, 9.17) is 0 Å². The van der Waals surface area contributed by atoms with E-state index < -0.39 is 0 Å². The van der Waals surface area contributed by atoms with Gasteiger partial charge in [0.25, 0.3) is 0 Å². The number of halogens is 1. The van der Waals surface area contributed by atoms with Gasteiger partial charge in [0.2, 0.25) is 5.91 Å². The summed E-state index contributed by atoms with van der Waals surface area (Å²) >= 11 is 3.37. The molecule has 0 aliphatic carbocycles. The van der Waals surface area contributed by atoms with Crippen molar-refractivity contribution in [1.82, 2.24) is 5.32 Å². The second-order valence-corrected chi connectivity index (χ2v) is 4.98. The van der Waals surface area contributed by atoms with E-state index in [1.54, 1.807) is 0 Å². The Kier molecular flexibility index (Phi) is 5.53. The average Bonchev–Trinajstić information content (AvgIpc) is 2.21. The zero-order valence-electron chi connectivity index (χ0n) is 9.79. The third-order valence-corrected chi connectivity index (χ3v) is 2.94. The fourth-order valence-electron chi connectivity index (χ4n) is 1.62. The molecule has 1 aromatic rings. The minimum atomic E-state index is 0.100. The van der Waals surface area contributed by atoms with Crippen molar-refractivity contribution in [2.75, 3.05) is 0 Å². The van der Waals surface area contributed by atoms with Gasteiger partial charge in [-0.1, -0.05) is 41.4 Å². The molecule has 1 rings (SSSR count). The molecule has 0 radical (unpaired) electrons. The fraction of sp³-hybridized carbons (Fsp3) is 0.462. The molecule has 0 fully saturated rings. The van der Waals surface area contributed by atoms with Crippen molar-refractivity contribution in [2.45, 2.75) is 39.2 Å². The molecular formula is C13H18BrNO. The second-order valence-electron chi connectivity index (χ2n) is 4.06. The van der Waals surface area contributed by atoms with Crippen LogP contribution < -0.4 is 5.32 Å². The van der Waals surface area contributed by atoms with Gasteiger partial charge in [-0.3, -0.25) is 4.79 Å². The van der Waals surface area contributed by atoms with Gasteiger partial charge >= 0.3 is 0 Å².